The number of nitrogens with one attached hydrogen (secondary N) is 1. The van der Waals surface area contributed by atoms with Gasteiger partial charge in [-0.25, -0.2) is 8.78 Å². The van der Waals surface area contributed by atoms with Crippen molar-refractivity contribution in [3.8, 4) is 17.6 Å². The number of carbonyl (C=O) groups excluding carboxylic acids is 1. The zero-order valence-electron chi connectivity index (χ0n) is 16.2. The Bertz CT molecular complexity index is 1220. The quantitative estimate of drug-likeness (QED) is 0.344. The van der Waals surface area contributed by atoms with Crippen LogP contribution in [0, 0.1) is 39.8 Å². The highest BCUT2D eigenvalue weighted by Gasteiger charge is 2.23. The first-order valence-corrected chi connectivity index (χ1v) is 10.1. The van der Waals surface area contributed by atoms with Crippen LogP contribution in [0.1, 0.15) is 21.5 Å². The summed E-state index contributed by atoms with van der Waals surface area (Å²) in [7, 11) is 0. The number of nitrogens with two attached hydrogens (primary N) is 1. The molecule has 0 bridgehead atoms. The van der Waals surface area contributed by atoms with E-state index in [0.29, 0.717) is 5.69 Å². The second-order valence-electron chi connectivity index (χ2n) is 6.44. The van der Waals surface area contributed by atoms with E-state index in [2.05, 4.69) is 39.7 Å². The van der Waals surface area contributed by atoms with Gasteiger partial charge in [0.05, 0.1) is 16.8 Å². The maximum Gasteiger partial charge on any atom is 0.251 e. The fourth-order valence-corrected chi connectivity index (χ4v) is 3.38. The monoisotopic (exact) mass is 536 g/mol. The minimum Gasteiger partial charge on any atom is -0.478 e. The van der Waals surface area contributed by atoms with Gasteiger partial charge < -0.3 is 15.8 Å². The summed E-state index contributed by atoms with van der Waals surface area (Å²) >= 11 is 2.12. The first-order chi connectivity index (χ1) is 14.8. The Labute approximate surface area is 190 Å². The molecule has 3 aromatic rings. The fourth-order valence-electron chi connectivity index (χ4n) is 2.73. The average molecular weight is 536 g/mol. The van der Waals surface area contributed by atoms with Gasteiger partial charge in [0.2, 0.25) is 5.82 Å². The lowest BCUT2D eigenvalue weighted by Gasteiger charge is -2.16. The average Bonchev–Trinajstić information content (AvgIpc) is 2.72. The predicted octanol–water partition coefficient (Wildman–Crippen LogP) is 5.29. The predicted molar refractivity (Wildman–Crippen MR) is 121 cm³/mol. The summed E-state index contributed by atoms with van der Waals surface area (Å²) in [5, 5.41) is 2.74. The van der Waals surface area contributed by atoms with Gasteiger partial charge in [0.15, 0.2) is 11.6 Å². The number of ether oxygens (including phenoxy) is 1. The van der Waals surface area contributed by atoms with E-state index in [4.69, 9.17) is 10.5 Å². The van der Waals surface area contributed by atoms with E-state index in [1.165, 1.54) is 18.2 Å². The van der Waals surface area contributed by atoms with Gasteiger partial charge >= 0.3 is 0 Å². The number of amides is 1. The van der Waals surface area contributed by atoms with Gasteiger partial charge in [-0.1, -0.05) is 24.0 Å². The molecule has 0 saturated carbocycles. The molecule has 0 spiro atoms. The second kappa shape index (κ2) is 9.75. The van der Waals surface area contributed by atoms with Crippen LogP contribution >= 0.6 is 22.6 Å². The summed E-state index contributed by atoms with van der Waals surface area (Å²) in [4.78, 5) is 11.9. The lowest BCUT2D eigenvalue weighted by Crippen LogP contribution is -2.16. The smallest absolute Gasteiger partial charge is 0.251 e. The number of benzene rings is 3. The molecular weight excluding hydrogens is 520 g/mol. The van der Waals surface area contributed by atoms with Crippen molar-refractivity contribution in [2.75, 3.05) is 11.9 Å². The van der Waals surface area contributed by atoms with E-state index in [-0.39, 0.29) is 23.4 Å². The third-order valence-electron chi connectivity index (χ3n) is 4.28. The van der Waals surface area contributed by atoms with Crippen molar-refractivity contribution in [3.63, 3.8) is 0 Å². The number of primary amides is 1. The minimum absolute atomic E-state index is 0.142. The summed E-state index contributed by atoms with van der Waals surface area (Å²) in [5.41, 5.74) is 6.10. The van der Waals surface area contributed by atoms with Crippen LogP contribution in [-0.4, -0.2) is 12.5 Å². The van der Waals surface area contributed by atoms with E-state index in [1.807, 2.05) is 6.07 Å². The first kappa shape index (κ1) is 22.5. The van der Waals surface area contributed by atoms with Crippen molar-refractivity contribution in [3.05, 3.63) is 86.2 Å². The molecule has 0 saturated heterocycles. The van der Waals surface area contributed by atoms with Gasteiger partial charge in [0.25, 0.3) is 5.91 Å². The Morgan fingerprint density at radius 2 is 1.87 bits per heavy atom. The molecule has 0 fully saturated rings. The van der Waals surface area contributed by atoms with Crippen LogP contribution in [0.4, 0.5) is 24.5 Å². The highest BCUT2D eigenvalue weighted by Crippen LogP contribution is 2.33. The number of rotatable bonds is 5. The number of aryl methyl sites for hydroxylation is 1. The molecule has 0 aliphatic rings. The number of hydrogen-bond donors (Lipinski definition) is 2. The van der Waals surface area contributed by atoms with Crippen LogP contribution in [-0.2, 0) is 0 Å². The molecule has 0 unspecified atom stereocenters. The molecule has 0 aliphatic heterocycles. The molecule has 0 heterocycles. The Hall–Kier alpha value is -3.19. The number of carbonyl (C=O) groups is 1. The molecule has 8 heteroatoms. The standard InChI is InChI=1S/C23H16F3IN2O2/c1-13-11-15(27)8-9-18(13)29-22-16(23(28)30)12-19(20(25)21(22)26)31-10-4-6-14-5-2-3-7-17(14)24/h2-3,5,7-9,11-12,29H,10H2,1H3,(H2,28,30). The van der Waals surface area contributed by atoms with E-state index in [0.717, 1.165) is 15.2 Å². The van der Waals surface area contributed by atoms with Gasteiger partial charge in [-0.3, -0.25) is 4.79 Å². The van der Waals surface area contributed by atoms with Gasteiger partial charge in [-0.15, -0.1) is 0 Å². The molecule has 0 atom stereocenters. The van der Waals surface area contributed by atoms with Gasteiger partial charge in [0, 0.05) is 9.26 Å². The molecule has 4 nitrogen and oxygen atoms in total. The van der Waals surface area contributed by atoms with Crippen molar-refractivity contribution in [1.82, 2.24) is 0 Å². The second-order valence-corrected chi connectivity index (χ2v) is 7.69. The lowest BCUT2D eigenvalue weighted by molar-refractivity contribution is 0.1000. The molecule has 0 radical (unpaired) electrons. The molecule has 1 amide bonds. The summed E-state index contributed by atoms with van der Waals surface area (Å²) < 4.78 is 49.1. The third-order valence-corrected chi connectivity index (χ3v) is 4.95. The fraction of sp³-hybridized carbons (Fsp3) is 0.0870. The van der Waals surface area contributed by atoms with Crippen LogP contribution in [0.3, 0.4) is 0 Å². The zero-order chi connectivity index (χ0) is 22.5. The summed E-state index contributed by atoms with van der Waals surface area (Å²) in [5.74, 6) is 0.438. The number of anilines is 2. The molecule has 3 rings (SSSR count). The molecule has 158 valence electrons. The molecule has 0 aliphatic carbocycles. The number of hydrogen-bond acceptors (Lipinski definition) is 3. The van der Waals surface area contributed by atoms with Crippen molar-refractivity contribution in [2.24, 2.45) is 5.73 Å². The zero-order valence-corrected chi connectivity index (χ0v) is 18.4. The lowest BCUT2D eigenvalue weighted by atomic mass is 10.1. The SMILES string of the molecule is Cc1cc(I)ccc1Nc1c(C(N)=O)cc(OCC#Cc2ccccc2F)c(F)c1F. The van der Waals surface area contributed by atoms with Crippen molar-refractivity contribution in [2.45, 2.75) is 6.92 Å². The van der Waals surface area contributed by atoms with Gasteiger partial charge in [0.1, 0.15) is 12.4 Å². The van der Waals surface area contributed by atoms with E-state index < -0.39 is 29.1 Å². The van der Waals surface area contributed by atoms with Crippen LogP contribution < -0.4 is 15.8 Å². The maximum absolute atomic E-state index is 14.8. The molecule has 3 aromatic carbocycles. The van der Waals surface area contributed by atoms with Gasteiger partial charge in [-0.2, -0.15) is 4.39 Å². The summed E-state index contributed by atoms with van der Waals surface area (Å²) in [6.07, 6.45) is 0. The van der Waals surface area contributed by atoms with Crippen molar-refractivity contribution < 1.29 is 22.7 Å². The summed E-state index contributed by atoms with van der Waals surface area (Å²) in [6, 6.07) is 12.2. The van der Waals surface area contributed by atoms with Crippen LogP contribution in [0.15, 0.2) is 48.5 Å². The van der Waals surface area contributed by atoms with Crippen molar-refractivity contribution >= 4 is 39.9 Å². The van der Waals surface area contributed by atoms with E-state index in [1.54, 1.807) is 25.1 Å². The van der Waals surface area contributed by atoms with Gasteiger partial charge in [-0.05, 0) is 71.5 Å². The summed E-state index contributed by atoms with van der Waals surface area (Å²) in [6.45, 7) is 1.43. The molecule has 3 N–H and O–H groups in total. The maximum atomic E-state index is 14.8. The van der Waals surface area contributed by atoms with E-state index in [9.17, 15) is 18.0 Å². The van der Waals surface area contributed by atoms with E-state index >= 15 is 0 Å². The Morgan fingerprint density at radius 1 is 1.13 bits per heavy atom. The minimum atomic E-state index is -1.31. The molecular formula is C23H16F3IN2O2. The number of halogens is 4. The normalized spacial score (nSPS) is 10.2. The molecule has 31 heavy (non-hydrogen) atoms. The topological polar surface area (TPSA) is 64.3 Å². The Morgan fingerprint density at radius 3 is 2.55 bits per heavy atom. The Kier molecular flexibility index (Phi) is 7.07. The highest BCUT2D eigenvalue weighted by atomic mass is 127. The highest BCUT2D eigenvalue weighted by molar-refractivity contribution is 14.1. The van der Waals surface area contributed by atoms with Crippen LogP contribution in [0.25, 0.3) is 0 Å². The molecule has 0 aromatic heterocycles. The largest absolute Gasteiger partial charge is 0.478 e. The first-order valence-electron chi connectivity index (χ1n) is 8.99. The Balaban J connectivity index is 1.88. The third kappa shape index (κ3) is 5.30. The van der Waals surface area contributed by atoms with Crippen LogP contribution in [0.5, 0.6) is 5.75 Å². The van der Waals surface area contributed by atoms with Crippen LogP contribution in [0.2, 0.25) is 0 Å². The van der Waals surface area contributed by atoms with Crippen molar-refractivity contribution in [1.29, 1.82) is 0 Å².